The number of hydrogen-bond donors (Lipinski definition) is 1. The fourth-order valence-corrected chi connectivity index (χ4v) is 8.27. The van der Waals surface area contributed by atoms with Crippen LogP contribution in [0.4, 0.5) is 0 Å². The molecule has 5 heteroatoms. The highest BCUT2D eigenvalue weighted by atomic mass is 16.6. The minimum absolute atomic E-state index is 0.0246. The quantitative estimate of drug-likeness (QED) is 0.380. The molecule has 7 aliphatic rings. The number of hydrogen-bond acceptors (Lipinski definition) is 5. The Morgan fingerprint density at radius 1 is 0.879 bits per heavy atom. The molecule has 2 aliphatic heterocycles. The van der Waals surface area contributed by atoms with Gasteiger partial charge in [0.25, 0.3) is 0 Å². The molecule has 33 heavy (non-hydrogen) atoms. The Balaban J connectivity index is 0.000000135. The van der Waals surface area contributed by atoms with Crippen molar-refractivity contribution in [2.75, 3.05) is 6.61 Å². The van der Waals surface area contributed by atoms with Crippen molar-refractivity contribution in [3.63, 3.8) is 0 Å². The van der Waals surface area contributed by atoms with Gasteiger partial charge in [0, 0.05) is 5.92 Å². The Labute approximate surface area is 197 Å². The van der Waals surface area contributed by atoms with E-state index in [0.29, 0.717) is 49.8 Å². The normalized spacial score (nSPS) is 52.5. The Hall–Kier alpha value is -1.17. The molecule has 2 heterocycles. The van der Waals surface area contributed by atoms with E-state index in [9.17, 15) is 9.90 Å². The molecule has 0 aromatic rings. The first-order chi connectivity index (χ1) is 16.1. The highest BCUT2D eigenvalue weighted by Crippen LogP contribution is 2.65. The van der Waals surface area contributed by atoms with Crippen molar-refractivity contribution in [1.82, 2.24) is 0 Å². The molecular weight excluding hydrogens is 416 g/mol. The molecule has 0 spiro atoms. The van der Waals surface area contributed by atoms with E-state index in [1.54, 1.807) is 6.08 Å². The average Bonchev–Trinajstić information content (AvgIpc) is 3.65. The zero-order chi connectivity index (χ0) is 22.7. The molecule has 0 aromatic heterocycles. The Morgan fingerprint density at radius 3 is 2.52 bits per heavy atom. The minimum Gasteiger partial charge on any atom is -0.465 e. The van der Waals surface area contributed by atoms with Gasteiger partial charge in [0.15, 0.2) is 0 Å². The minimum atomic E-state index is -0.348. The first-order valence-corrected chi connectivity index (χ1v) is 13.5. The summed E-state index contributed by atoms with van der Waals surface area (Å²) in [4.78, 5) is 12.1. The number of aliphatic hydroxyl groups is 1. The Bertz CT molecular complexity index is 780. The van der Waals surface area contributed by atoms with Crippen LogP contribution in [0, 0.1) is 47.3 Å². The number of esters is 1. The van der Waals surface area contributed by atoms with Crippen LogP contribution >= 0.6 is 0 Å². The van der Waals surface area contributed by atoms with E-state index in [4.69, 9.17) is 14.2 Å². The molecule has 5 nitrogen and oxygen atoms in total. The van der Waals surface area contributed by atoms with E-state index in [0.717, 1.165) is 55.3 Å². The predicted octanol–water partition coefficient (Wildman–Crippen LogP) is 4.29. The monoisotopic (exact) mass is 456 g/mol. The molecule has 2 bridgehead atoms. The zero-order valence-electron chi connectivity index (χ0n) is 19.7. The molecule has 13 unspecified atom stereocenters. The van der Waals surface area contributed by atoms with Gasteiger partial charge in [-0.25, -0.2) is 0 Å². The summed E-state index contributed by atoms with van der Waals surface area (Å²) in [7, 11) is 0. The van der Waals surface area contributed by atoms with Crippen LogP contribution in [0.3, 0.4) is 0 Å². The standard InChI is InChI=1S/C16H24O4.C12H16O/c1-2-11-8-12(4-5-13(11)17)16(18)19-9-10-3-6-14-15(7-10)20-14;1-2-6-3-7-4-8(6)9-5-10-12(13-10)11(7)9/h2,10-15,17H,1,3-9H2;2,6-12H,1,3-5H2. The molecule has 1 N–H and O–H groups in total. The molecule has 7 fully saturated rings. The number of carbonyl (C=O) groups excluding carboxylic acids is 1. The van der Waals surface area contributed by atoms with E-state index in [2.05, 4.69) is 19.2 Å². The van der Waals surface area contributed by atoms with Gasteiger partial charge in [0.2, 0.25) is 0 Å². The molecule has 0 radical (unpaired) electrons. The third kappa shape index (κ3) is 4.23. The summed E-state index contributed by atoms with van der Waals surface area (Å²) in [5.41, 5.74) is 0. The van der Waals surface area contributed by atoms with E-state index in [1.807, 2.05) is 0 Å². The smallest absolute Gasteiger partial charge is 0.308 e. The lowest BCUT2D eigenvalue weighted by Crippen LogP contribution is -2.33. The van der Waals surface area contributed by atoms with E-state index >= 15 is 0 Å². The molecule has 13 atom stereocenters. The van der Waals surface area contributed by atoms with Crippen LogP contribution in [0.2, 0.25) is 0 Å². The van der Waals surface area contributed by atoms with Crippen LogP contribution in [0.1, 0.15) is 57.8 Å². The first-order valence-electron chi connectivity index (χ1n) is 13.5. The highest BCUT2D eigenvalue weighted by molar-refractivity contribution is 5.72. The van der Waals surface area contributed by atoms with E-state index in [1.165, 1.54) is 19.3 Å². The van der Waals surface area contributed by atoms with Crippen molar-refractivity contribution in [3.8, 4) is 0 Å². The van der Waals surface area contributed by atoms with Crippen molar-refractivity contribution >= 4 is 5.97 Å². The van der Waals surface area contributed by atoms with Gasteiger partial charge in [-0.1, -0.05) is 12.2 Å². The number of aliphatic hydroxyl groups excluding tert-OH is 1. The Kier molecular flexibility index (Phi) is 5.95. The number of ether oxygens (including phenoxy) is 3. The SMILES string of the molecule is C=CC1CC(C(=O)OCC2CCC3OC3C2)CCC1O.C=CC1CC2CC1C1CC3OC3C21. The maximum atomic E-state index is 12.1. The first kappa shape index (κ1) is 22.3. The van der Waals surface area contributed by atoms with Gasteiger partial charge in [-0.05, 0) is 93.3 Å². The fraction of sp³-hybridized carbons (Fsp3) is 0.821. The zero-order valence-corrected chi connectivity index (χ0v) is 19.7. The Morgan fingerprint density at radius 2 is 1.73 bits per heavy atom. The lowest BCUT2D eigenvalue weighted by Gasteiger charge is -2.30. The molecule has 182 valence electrons. The van der Waals surface area contributed by atoms with Gasteiger partial charge in [0.1, 0.15) is 0 Å². The van der Waals surface area contributed by atoms with Crippen molar-refractivity contribution in [3.05, 3.63) is 25.3 Å². The maximum absolute atomic E-state index is 12.1. The highest BCUT2D eigenvalue weighted by Gasteiger charge is 2.65. The molecular formula is C28H40O5. The summed E-state index contributed by atoms with van der Waals surface area (Å²) in [6.45, 7) is 8.24. The second-order valence-electron chi connectivity index (χ2n) is 11.9. The van der Waals surface area contributed by atoms with Crippen LogP contribution in [0.15, 0.2) is 25.3 Å². The number of epoxide rings is 2. The van der Waals surface area contributed by atoms with E-state index in [-0.39, 0.29) is 23.9 Å². The summed E-state index contributed by atoms with van der Waals surface area (Å²) < 4.78 is 16.7. The molecule has 7 rings (SSSR count). The van der Waals surface area contributed by atoms with Gasteiger partial charge in [0.05, 0.1) is 43.0 Å². The van der Waals surface area contributed by atoms with Gasteiger partial charge in [-0.3, -0.25) is 4.79 Å². The summed E-state index contributed by atoms with van der Waals surface area (Å²) in [6, 6.07) is 0. The summed E-state index contributed by atoms with van der Waals surface area (Å²) in [5, 5.41) is 9.80. The number of fused-ring (bicyclic) bond motifs is 8. The van der Waals surface area contributed by atoms with Crippen LogP contribution in [0.25, 0.3) is 0 Å². The van der Waals surface area contributed by atoms with Gasteiger partial charge < -0.3 is 19.3 Å². The number of carbonyl (C=O) groups is 1. The number of allylic oxidation sites excluding steroid dienone is 1. The van der Waals surface area contributed by atoms with Crippen molar-refractivity contribution < 1.29 is 24.1 Å². The van der Waals surface area contributed by atoms with Gasteiger partial charge in [-0.15, -0.1) is 13.2 Å². The summed E-state index contributed by atoms with van der Waals surface area (Å²) >= 11 is 0. The topological polar surface area (TPSA) is 71.6 Å². The van der Waals surface area contributed by atoms with Crippen LogP contribution in [-0.2, 0) is 19.0 Å². The van der Waals surface area contributed by atoms with Crippen LogP contribution in [0.5, 0.6) is 0 Å². The average molecular weight is 457 g/mol. The number of rotatable bonds is 5. The third-order valence-corrected chi connectivity index (χ3v) is 10.2. The van der Waals surface area contributed by atoms with Crippen molar-refractivity contribution in [1.29, 1.82) is 0 Å². The molecule has 0 amide bonds. The molecule has 2 saturated heterocycles. The molecule has 5 saturated carbocycles. The van der Waals surface area contributed by atoms with E-state index < -0.39 is 0 Å². The van der Waals surface area contributed by atoms with Crippen LogP contribution < -0.4 is 0 Å². The lowest BCUT2D eigenvalue weighted by atomic mass is 9.75. The van der Waals surface area contributed by atoms with Crippen molar-refractivity contribution in [2.45, 2.75) is 88.3 Å². The fourth-order valence-electron chi connectivity index (χ4n) is 8.27. The van der Waals surface area contributed by atoms with Crippen LogP contribution in [-0.4, -0.2) is 48.2 Å². The maximum Gasteiger partial charge on any atom is 0.308 e. The molecule has 5 aliphatic carbocycles. The largest absolute Gasteiger partial charge is 0.465 e. The third-order valence-electron chi connectivity index (χ3n) is 10.2. The summed E-state index contributed by atoms with van der Waals surface area (Å²) in [5.74, 6) is 5.14. The van der Waals surface area contributed by atoms with Gasteiger partial charge in [-0.2, -0.15) is 0 Å². The van der Waals surface area contributed by atoms with Gasteiger partial charge >= 0.3 is 5.97 Å². The summed E-state index contributed by atoms with van der Waals surface area (Å²) in [6.07, 6.45) is 15.5. The lowest BCUT2D eigenvalue weighted by molar-refractivity contribution is -0.152. The second-order valence-corrected chi connectivity index (χ2v) is 11.9. The second kappa shape index (κ2) is 8.80. The predicted molar refractivity (Wildman–Crippen MR) is 124 cm³/mol. The van der Waals surface area contributed by atoms with Crippen molar-refractivity contribution in [2.24, 2.45) is 47.3 Å². The molecule has 0 aromatic carbocycles.